The van der Waals surface area contributed by atoms with Crippen molar-refractivity contribution < 1.29 is 19.1 Å². The lowest BCUT2D eigenvalue weighted by Gasteiger charge is -2.12. The molecule has 0 saturated heterocycles. The third-order valence-corrected chi connectivity index (χ3v) is 3.77. The molecule has 2 amide bonds. The summed E-state index contributed by atoms with van der Waals surface area (Å²) in [6.07, 6.45) is 1.52. The first-order valence-corrected chi connectivity index (χ1v) is 8.54. The molecular weight excluding hydrogens is 360 g/mol. The molecule has 0 radical (unpaired) electrons. The summed E-state index contributed by atoms with van der Waals surface area (Å²) in [5, 5.41) is 9.30. The van der Waals surface area contributed by atoms with Gasteiger partial charge in [0.25, 0.3) is 5.91 Å². The molecule has 3 aromatic rings. The number of rotatable bonds is 7. The minimum Gasteiger partial charge on any atom is -0.479 e. The Hall–Kier alpha value is -3.81. The predicted molar refractivity (Wildman–Crippen MR) is 104 cm³/mol. The summed E-state index contributed by atoms with van der Waals surface area (Å²) in [5.74, 6) is 0.514. The highest BCUT2D eigenvalue weighted by Gasteiger charge is 2.17. The molecule has 0 aliphatic carbocycles. The van der Waals surface area contributed by atoms with Crippen molar-refractivity contribution in [2.24, 2.45) is 7.05 Å². The SMILES string of the molecule is COc1nn(C)cc1C(=O)NCC(=O)Nc1ccccc1Oc1ccccc1. The van der Waals surface area contributed by atoms with Crippen LogP contribution < -0.4 is 20.1 Å². The van der Waals surface area contributed by atoms with Gasteiger partial charge in [-0.15, -0.1) is 5.10 Å². The minimum atomic E-state index is -0.450. The van der Waals surface area contributed by atoms with E-state index in [0.717, 1.165) is 0 Å². The van der Waals surface area contributed by atoms with Crippen LogP contribution in [-0.2, 0) is 11.8 Å². The molecule has 0 atom stereocenters. The molecule has 1 heterocycles. The van der Waals surface area contributed by atoms with E-state index in [1.165, 1.54) is 18.0 Å². The van der Waals surface area contributed by atoms with Crippen molar-refractivity contribution in [3.05, 3.63) is 66.4 Å². The number of ether oxygens (including phenoxy) is 2. The molecule has 28 heavy (non-hydrogen) atoms. The zero-order valence-electron chi connectivity index (χ0n) is 15.5. The molecule has 0 aliphatic heterocycles. The predicted octanol–water partition coefficient (Wildman–Crippen LogP) is 2.59. The first-order valence-electron chi connectivity index (χ1n) is 8.54. The van der Waals surface area contributed by atoms with Gasteiger partial charge in [0.15, 0.2) is 5.75 Å². The highest BCUT2D eigenvalue weighted by atomic mass is 16.5. The van der Waals surface area contributed by atoms with E-state index >= 15 is 0 Å². The fraction of sp³-hybridized carbons (Fsp3) is 0.150. The van der Waals surface area contributed by atoms with E-state index in [0.29, 0.717) is 17.2 Å². The van der Waals surface area contributed by atoms with Crippen LogP contribution in [0.3, 0.4) is 0 Å². The van der Waals surface area contributed by atoms with E-state index in [9.17, 15) is 9.59 Å². The summed E-state index contributed by atoms with van der Waals surface area (Å²) >= 11 is 0. The van der Waals surface area contributed by atoms with Gasteiger partial charge in [-0.05, 0) is 24.3 Å². The monoisotopic (exact) mass is 380 g/mol. The van der Waals surface area contributed by atoms with Crippen molar-refractivity contribution in [1.82, 2.24) is 15.1 Å². The summed E-state index contributed by atoms with van der Waals surface area (Å²) < 4.78 is 12.3. The Morgan fingerprint density at radius 2 is 1.79 bits per heavy atom. The molecule has 144 valence electrons. The van der Waals surface area contributed by atoms with Crippen LogP contribution >= 0.6 is 0 Å². The van der Waals surface area contributed by atoms with Gasteiger partial charge in [-0.3, -0.25) is 14.3 Å². The summed E-state index contributed by atoms with van der Waals surface area (Å²) in [6, 6.07) is 16.3. The van der Waals surface area contributed by atoms with Crippen LogP contribution in [0, 0.1) is 0 Å². The third kappa shape index (κ3) is 4.67. The van der Waals surface area contributed by atoms with Crippen LogP contribution in [0.5, 0.6) is 17.4 Å². The van der Waals surface area contributed by atoms with E-state index in [-0.39, 0.29) is 23.9 Å². The molecule has 8 heteroatoms. The molecule has 2 N–H and O–H groups in total. The summed E-state index contributed by atoms with van der Waals surface area (Å²) in [7, 11) is 3.10. The summed E-state index contributed by atoms with van der Waals surface area (Å²) in [4.78, 5) is 24.5. The maximum absolute atomic E-state index is 12.3. The second-order valence-electron chi connectivity index (χ2n) is 5.87. The molecule has 1 aromatic heterocycles. The third-order valence-electron chi connectivity index (χ3n) is 3.77. The lowest BCUT2D eigenvalue weighted by atomic mass is 10.2. The number of methoxy groups -OCH3 is 1. The molecule has 0 unspecified atom stereocenters. The fourth-order valence-corrected chi connectivity index (χ4v) is 2.50. The average Bonchev–Trinajstić information content (AvgIpc) is 3.09. The second-order valence-corrected chi connectivity index (χ2v) is 5.87. The normalized spacial score (nSPS) is 10.2. The van der Waals surface area contributed by atoms with Gasteiger partial charge < -0.3 is 20.1 Å². The number of benzene rings is 2. The molecule has 0 saturated carbocycles. The van der Waals surface area contributed by atoms with E-state index in [4.69, 9.17) is 9.47 Å². The molecule has 0 spiro atoms. The Bertz CT molecular complexity index is 969. The van der Waals surface area contributed by atoms with Crippen molar-refractivity contribution in [2.45, 2.75) is 0 Å². The van der Waals surface area contributed by atoms with Crippen LogP contribution in [0.25, 0.3) is 0 Å². The quantitative estimate of drug-likeness (QED) is 0.657. The Morgan fingerprint density at radius 3 is 2.54 bits per heavy atom. The van der Waals surface area contributed by atoms with Gasteiger partial charge in [0.1, 0.15) is 11.3 Å². The Morgan fingerprint density at radius 1 is 1.07 bits per heavy atom. The Balaban J connectivity index is 1.61. The number of hydrogen-bond donors (Lipinski definition) is 2. The number of amides is 2. The zero-order valence-corrected chi connectivity index (χ0v) is 15.5. The molecule has 8 nitrogen and oxygen atoms in total. The van der Waals surface area contributed by atoms with Crippen LogP contribution in [0.4, 0.5) is 5.69 Å². The molecule has 0 fully saturated rings. The van der Waals surface area contributed by atoms with Crippen LogP contribution in [0.2, 0.25) is 0 Å². The van der Waals surface area contributed by atoms with Crippen LogP contribution in [0.1, 0.15) is 10.4 Å². The minimum absolute atomic E-state index is 0.196. The summed E-state index contributed by atoms with van der Waals surface area (Å²) in [6.45, 7) is -0.212. The van der Waals surface area contributed by atoms with Gasteiger partial charge in [0.05, 0.1) is 19.3 Å². The van der Waals surface area contributed by atoms with E-state index in [1.54, 1.807) is 25.2 Å². The Labute approximate surface area is 162 Å². The smallest absolute Gasteiger partial charge is 0.258 e. The van der Waals surface area contributed by atoms with E-state index < -0.39 is 5.91 Å². The fourth-order valence-electron chi connectivity index (χ4n) is 2.50. The van der Waals surface area contributed by atoms with Gasteiger partial charge in [0, 0.05) is 13.2 Å². The highest BCUT2D eigenvalue weighted by Crippen LogP contribution is 2.28. The lowest BCUT2D eigenvalue weighted by molar-refractivity contribution is -0.115. The van der Waals surface area contributed by atoms with Gasteiger partial charge in [0.2, 0.25) is 11.8 Å². The first kappa shape index (κ1) is 19.0. The van der Waals surface area contributed by atoms with Gasteiger partial charge >= 0.3 is 0 Å². The van der Waals surface area contributed by atoms with Gasteiger partial charge in [-0.25, -0.2) is 0 Å². The Kier molecular flexibility index (Phi) is 5.91. The molecule has 0 aliphatic rings. The largest absolute Gasteiger partial charge is 0.479 e. The lowest BCUT2D eigenvalue weighted by Crippen LogP contribution is -2.33. The van der Waals surface area contributed by atoms with Gasteiger partial charge in [-0.2, -0.15) is 0 Å². The van der Waals surface area contributed by atoms with Crippen LogP contribution in [-0.4, -0.2) is 35.2 Å². The van der Waals surface area contributed by atoms with Crippen molar-refractivity contribution in [2.75, 3.05) is 19.0 Å². The standard InChI is InChI=1S/C20H20N4O4/c1-24-13-15(20(23-24)27-2)19(26)21-12-18(25)22-16-10-6-7-11-17(16)28-14-8-4-3-5-9-14/h3-11,13H,12H2,1-2H3,(H,21,26)(H,22,25). The number of nitrogens with one attached hydrogen (secondary N) is 2. The number of nitrogens with zero attached hydrogens (tertiary/aromatic N) is 2. The van der Waals surface area contributed by atoms with E-state index in [2.05, 4.69) is 15.7 Å². The highest BCUT2D eigenvalue weighted by molar-refractivity contribution is 6.00. The van der Waals surface area contributed by atoms with Gasteiger partial charge in [-0.1, -0.05) is 30.3 Å². The topological polar surface area (TPSA) is 94.5 Å². The molecular formula is C20H20N4O4. The average molecular weight is 380 g/mol. The molecule has 2 aromatic carbocycles. The molecule has 0 bridgehead atoms. The number of para-hydroxylation sites is 3. The number of anilines is 1. The number of aromatic nitrogens is 2. The van der Waals surface area contributed by atoms with Crippen molar-refractivity contribution in [1.29, 1.82) is 0 Å². The van der Waals surface area contributed by atoms with Crippen LogP contribution in [0.15, 0.2) is 60.8 Å². The number of carbonyl (C=O) groups is 2. The maximum Gasteiger partial charge on any atom is 0.258 e. The summed E-state index contributed by atoms with van der Waals surface area (Å²) in [5.41, 5.74) is 0.759. The molecule has 3 rings (SSSR count). The van der Waals surface area contributed by atoms with Crippen molar-refractivity contribution >= 4 is 17.5 Å². The van der Waals surface area contributed by atoms with E-state index in [1.807, 2.05) is 36.4 Å². The maximum atomic E-state index is 12.3. The first-order chi connectivity index (χ1) is 13.6. The second kappa shape index (κ2) is 8.72. The number of hydrogen-bond acceptors (Lipinski definition) is 5. The zero-order chi connectivity index (χ0) is 19.9. The van der Waals surface area contributed by atoms with Crippen molar-refractivity contribution in [3.63, 3.8) is 0 Å². The number of aryl methyl sites for hydroxylation is 1. The number of carbonyl (C=O) groups excluding carboxylic acids is 2. The van der Waals surface area contributed by atoms with Crippen molar-refractivity contribution in [3.8, 4) is 17.4 Å².